The fraction of sp³-hybridized carbons (Fsp3) is 0.0714. The molecular weight excluding hydrogens is 302 g/mol. The number of rotatable bonds is 3. The van der Waals surface area contributed by atoms with Crippen LogP contribution in [0, 0.1) is 18.3 Å². The molecule has 8 heteroatoms. The van der Waals surface area contributed by atoms with E-state index in [9.17, 15) is 5.26 Å². The fourth-order valence-electron chi connectivity index (χ4n) is 1.92. The van der Waals surface area contributed by atoms with Gasteiger partial charge in [-0.2, -0.15) is 15.0 Å². The van der Waals surface area contributed by atoms with E-state index < -0.39 is 0 Å². The third kappa shape index (κ3) is 2.73. The number of anilines is 2. The number of aromatic nitrogens is 5. The van der Waals surface area contributed by atoms with Gasteiger partial charge in [-0.15, -0.1) is 0 Å². The second-order valence-corrected chi connectivity index (χ2v) is 4.75. The lowest BCUT2D eigenvalue weighted by Gasteiger charge is -2.09. The smallest absolute Gasteiger partial charge is 0.155 e. The highest BCUT2D eigenvalue weighted by Crippen LogP contribution is 2.23. The second-order valence-electron chi connectivity index (χ2n) is 4.37. The average Bonchev–Trinajstić information content (AvgIpc) is 2.90. The molecule has 0 aliphatic heterocycles. The number of nitrogens with one attached hydrogen (secondary N) is 1. The largest absolute Gasteiger partial charge is 0.324 e. The molecule has 7 nitrogen and oxygen atoms in total. The van der Waals surface area contributed by atoms with Gasteiger partial charge >= 0.3 is 0 Å². The highest BCUT2D eigenvalue weighted by molar-refractivity contribution is 6.29. The first kappa shape index (κ1) is 14.0. The fourth-order valence-corrected chi connectivity index (χ4v) is 2.15. The number of nitrogens with zero attached hydrogens (tertiary/aromatic N) is 6. The minimum absolute atomic E-state index is 0.317. The van der Waals surface area contributed by atoms with E-state index in [1.807, 2.05) is 6.07 Å². The van der Waals surface area contributed by atoms with Crippen LogP contribution < -0.4 is 5.32 Å². The molecule has 0 bridgehead atoms. The van der Waals surface area contributed by atoms with Gasteiger partial charge in [-0.25, -0.2) is 15.0 Å². The molecule has 22 heavy (non-hydrogen) atoms. The predicted octanol–water partition coefficient (Wildman–Crippen LogP) is 2.63. The predicted molar refractivity (Wildman–Crippen MR) is 81.1 cm³/mol. The van der Waals surface area contributed by atoms with E-state index in [1.165, 1.54) is 10.9 Å². The molecule has 3 heterocycles. The van der Waals surface area contributed by atoms with Crippen molar-refractivity contribution in [1.29, 1.82) is 5.26 Å². The number of pyridine rings is 1. The molecule has 3 aromatic heterocycles. The molecule has 3 rings (SSSR count). The van der Waals surface area contributed by atoms with E-state index in [2.05, 4.69) is 31.4 Å². The van der Waals surface area contributed by atoms with Crippen LogP contribution in [-0.2, 0) is 0 Å². The molecule has 0 fully saturated rings. The molecule has 0 amide bonds. The lowest BCUT2D eigenvalue weighted by Crippen LogP contribution is -2.06. The standard InChI is InChI=1S/C14H10ClN7/c1-9-19-11(15)6-12(20-9)21-14-10(7-16)8-18-22(14)13-4-2-3-5-17-13/h2-6,8H,1H3,(H,19,20,21). The van der Waals surface area contributed by atoms with E-state index in [-0.39, 0.29) is 0 Å². The minimum atomic E-state index is 0.317. The monoisotopic (exact) mass is 311 g/mol. The van der Waals surface area contributed by atoms with Gasteiger partial charge in [-0.1, -0.05) is 17.7 Å². The summed E-state index contributed by atoms with van der Waals surface area (Å²) in [5.74, 6) is 2.06. The third-order valence-electron chi connectivity index (χ3n) is 2.81. The number of aryl methyl sites for hydroxylation is 1. The molecule has 0 radical (unpaired) electrons. The summed E-state index contributed by atoms with van der Waals surface area (Å²) in [5.41, 5.74) is 0.373. The van der Waals surface area contributed by atoms with Crippen LogP contribution in [0.2, 0.25) is 5.15 Å². The van der Waals surface area contributed by atoms with Crippen molar-refractivity contribution >= 4 is 23.2 Å². The van der Waals surface area contributed by atoms with Crippen LogP contribution in [0.3, 0.4) is 0 Å². The van der Waals surface area contributed by atoms with Gasteiger partial charge in [0.15, 0.2) is 11.6 Å². The Labute approximate surface area is 131 Å². The summed E-state index contributed by atoms with van der Waals surface area (Å²) in [7, 11) is 0. The molecule has 3 aromatic rings. The summed E-state index contributed by atoms with van der Waals surface area (Å²) < 4.78 is 1.53. The quantitative estimate of drug-likeness (QED) is 0.747. The maximum absolute atomic E-state index is 9.24. The van der Waals surface area contributed by atoms with Crippen molar-refractivity contribution in [2.75, 3.05) is 5.32 Å². The van der Waals surface area contributed by atoms with Crippen LogP contribution in [0.5, 0.6) is 0 Å². The molecule has 0 unspecified atom stereocenters. The Morgan fingerprint density at radius 3 is 2.86 bits per heavy atom. The second kappa shape index (κ2) is 5.79. The van der Waals surface area contributed by atoms with Gasteiger partial charge in [0.25, 0.3) is 0 Å². The van der Waals surface area contributed by atoms with Crippen LogP contribution in [-0.4, -0.2) is 24.7 Å². The lowest BCUT2D eigenvalue weighted by atomic mass is 10.3. The molecule has 0 spiro atoms. The van der Waals surface area contributed by atoms with Gasteiger partial charge in [-0.3, -0.25) is 0 Å². The summed E-state index contributed by atoms with van der Waals surface area (Å²) in [5, 5.41) is 16.8. The van der Waals surface area contributed by atoms with Gasteiger partial charge in [0, 0.05) is 12.3 Å². The Bertz CT molecular complexity index is 831. The van der Waals surface area contributed by atoms with Gasteiger partial charge in [0.1, 0.15) is 28.4 Å². The van der Waals surface area contributed by atoms with E-state index in [0.717, 1.165) is 0 Å². The van der Waals surface area contributed by atoms with Crippen LogP contribution in [0.15, 0.2) is 36.7 Å². The zero-order chi connectivity index (χ0) is 15.5. The zero-order valence-corrected chi connectivity index (χ0v) is 12.3. The van der Waals surface area contributed by atoms with E-state index in [1.54, 1.807) is 31.3 Å². The summed E-state index contributed by atoms with van der Waals surface area (Å²) >= 11 is 5.93. The molecule has 0 atom stereocenters. The maximum atomic E-state index is 9.24. The van der Waals surface area contributed by atoms with Crippen molar-refractivity contribution in [2.24, 2.45) is 0 Å². The Balaban J connectivity index is 2.06. The van der Waals surface area contributed by atoms with Crippen LogP contribution >= 0.6 is 11.6 Å². The van der Waals surface area contributed by atoms with Crippen molar-refractivity contribution in [3.63, 3.8) is 0 Å². The van der Waals surface area contributed by atoms with Crippen molar-refractivity contribution in [1.82, 2.24) is 24.7 Å². The third-order valence-corrected chi connectivity index (χ3v) is 3.00. The minimum Gasteiger partial charge on any atom is -0.324 e. The van der Waals surface area contributed by atoms with Crippen molar-refractivity contribution in [2.45, 2.75) is 6.92 Å². The topological polar surface area (TPSA) is 92.3 Å². The first-order valence-electron chi connectivity index (χ1n) is 6.35. The van der Waals surface area contributed by atoms with Gasteiger partial charge in [0.05, 0.1) is 6.20 Å². The Hall–Kier alpha value is -2.98. The van der Waals surface area contributed by atoms with Crippen molar-refractivity contribution in [3.05, 3.63) is 53.2 Å². The van der Waals surface area contributed by atoms with Crippen LogP contribution in [0.1, 0.15) is 11.4 Å². The molecular formula is C14H10ClN7. The number of hydrogen-bond acceptors (Lipinski definition) is 6. The van der Waals surface area contributed by atoms with Crippen LogP contribution in [0.4, 0.5) is 11.6 Å². The first-order valence-corrected chi connectivity index (χ1v) is 6.73. The molecule has 0 aliphatic rings. The van der Waals surface area contributed by atoms with Crippen LogP contribution in [0.25, 0.3) is 5.82 Å². The molecule has 108 valence electrons. The molecule has 0 aromatic carbocycles. The molecule has 0 saturated carbocycles. The molecule has 1 N–H and O–H groups in total. The average molecular weight is 312 g/mol. The Morgan fingerprint density at radius 1 is 1.32 bits per heavy atom. The summed E-state index contributed by atoms with van der Waals surface area (Å²) in [6.07, 6.45) is 3.12. The van der Waals surface area contributed by atoms with Gasteiger partial charge < -0.3 is 5.32 Å². The summed E-state index contributed by atoms with van der Waals surface area (Å²) in [6.45, 7) is 1.73. The molecule has 0 saturated heterocycles. The number of nitriles is 1. The number of halogens is 1. The first-order chi connectivity index (χ1) is 10.7. The van der Waals surface area contributed by atoms with Gasteiger partial charge in [-0.05, 0) is 19.1 Å². The SMILES string of the molecule is Cc1nc(Cl)cc(Nc2c(C#N)cnn2-c2ccccn2)n1. The molecule has 0 aliphatic carbocycles. The normalized spacial score (nSPS) is 10.2. The van der Waals surface area contributed by atoms with Crippen molar-refractivity contribution < 1.29 is 0 Å². The Morgan fingerprint density at radius 2 is 2.18 bits per heavy atom. The van der Waals surface area contributed by atoms with E-state index in [0.29, 0.717) is 34.0 Å². The maximum Gasteiger partial charge on any atom is 0.155 e. The van der Waals surface area contributed by atoms with Gasteiger partial charge in [0.2, 0.25) is 0 Å². The van der Waals surface area contributed by atoms with E-state index in [4.69, 9.17) is 11.6 Å². The van der Waals surface area contributed by atoms with Crippen molar-refractivity contribution in [3.8, 4) is 11.9 Å². The zero-order valence-electron chi connectivity index (χ0n) is 11.5. The summed E-state index contributed by atoms with van der Waals surface area (Å²) in [4.78, 5) is 12.5. The lowest BCUT2D eigenvalue weighted by molar-refractivity contribution is 0.853. The van der Waals surface area contributed by atoms with E-state index >= 15 is 0 Å². The number of hydrogen-bond donors (Lipinski definition) is 1. The highest BCUT2D eigenvalue weighted by Gasteiger charge is 2.14. The Kier molecular flexibility index (Phi) is 3.68. The highest BCUT2D eigenvalue weighted by atomic mass is 35.5. The summed E-state index contributed by atoms with van der Waals surface area (Å²) in [6, 6.07) is 9.09.